The number of anilines is 1. The maximum Gasteiger partial charge on any atom is 0.253 e. The summed E-state index contributed by atoms with van der Waals surface area (Å²) in [4.78, 5) is 25.6. The smallest absolute Gasteiger partial charge is 0.253 e. The van der Waals surface area contributed by atoms with Crippen molar-refractivity contribution in [2.45, 2.75) is 12.5 Å². The fraction of sp³-hybridized carbons (Fsp3) is 0.333. The van der Waals surface area contributed by atoms with Gasteiger partial charge < -0.3 is 15.4 Å². The van der Waals surface area contributed by atoms with Gasteiger partial charge in [-0.1, -0.05) is 42.5 Å². The minimum Gasteiger partial charge on any atom is -0.385 e. The van der Waals surface area contributed by atoms with E-state index in [1.165, 1.54) is 7.05 Å². The molecule has 0 aromatic heterocycles. The molecule has 1 unspecified atom stereocenters. The molecular weight excluding hydrogens is 406 g/mol. The molecule has 9 heteroatoms. The Balaban J connectivity index is 2.27. The number of hydrogen-bond donors (Lipinski definition) is 2. The third-order valence-electron chi connectivity index (χ3n) is 4.49. The summed E-state index contributed by atoms with van der Waals surface area (Å²) in [5.74, 6) is -0.900. The Morgan fingerprint density at radius 1 is 1.07 bits per heavy atom. The maximum absolute atomic E-state index is 13.1. The number of nitrogens with one attached hydrogen (secondary N) is 2. The number of nitrogens with zero attached hydrogens (tertiary/aromatic N) is 1. The summed E-state index contributed by atoms with van der Waals surface area (Å²) in [6.45, 7) is 0.952. The van der Waals surface area contributed by atoms with Crippen molar-refractivity contribution >= 4 is 27.5 Å². The molecule has 0 bridgehead atoms. The number of para-hydroxylation sites is 1. The van der Waals surface area contributed by atoms with Gasteiger partial charge >= 0.3 is 0 Å². The van der Waals surface area contributed by atoms with Crippen molar-refractivity contribution in [1.82, 2.24) is 9.62 Å². The van der Waals surface area contributed by atoms with E-state index in [-0.39, 0.29) is 11.5 Å². The van der Waals surface area contributed by atoms with Gasteiger partial charge in [-0.25, -0.2) is 8.42 Å². The van der Waals surface area contributed by atoms with Gasteiger partial charge in [-0.3, -0.25) is 9.59 Å². The summed E-state index contributed by atoms with van der Waals surface area (Å²) in [6.07, 6.45) is 1.70. The van der Waals surface area contributed by atoms with Crippen molar-refractivity contribution in [2.75, 3.05) is 38.9 Å². The summed E-state index contributed by atoms with van der Waals surface area (Å²) in [6, 6.07) is 14.1. The van der Waals surface area contributed by atoms with Crippen molar-refractivity contribution in [2.24, 2.45) is 0 Å². The quantitative estimate of drug-likeness (QED) is 0.558. The van der Waals surface area contributed by atoms with Crippen LogP contribution in [-0.4, -0.2) is 58.1 Å². The third-order valence-corrected chi connectivity index (χ3v) is 5.75. The number of benzene rings is 2. The molecule has 30 heavy (non-hydrogen) atoms. The molecule has 2 aromatic rings. The van der Waals surface area contributed by atoms with Crippen LogP contribution in [-0.2, 0) is 19.6 Å². The van der Waals surface area contributed by atoms with E-state index in [1.54, 1.807) is 61.7 Å². The highest BCUT2D eigenvalue weighted by Crippen LogP contribution is 2.25. The Morgan fingerprint density at radius 3 is 2.33 bits per heavy atom. The summed E-state index contributed by atoms with van der Waals surface area (Å²) < 4.78 is 30.2. The zero-order chi connectivity index (χ0) is 22.1. The average Bonchev–Trinajstić information content (AvgIpc) is 2.71. The van der Waals surface area contributed by atoms with Crippen LogP contribution in [0.2, 0.25) is 0 Å². The van der Waals surface area contributed by atoms with Gasteiger partial charge in [0.2, 0.25) is 15.9 Å². The first-order chi connectivity index (χ1) is 14.3. The minimum absolute atomic E-state index is 0.289. The Morgan fingerprint density at radius 2 is 1.70 bits per heavy atom. The van der Waals surface area contributed by atoms with Crippen LogP contribution < -0.4 is 10.6 Å². The number of amides is 2. The van der Waals surface area contributed by atoms with Gasteiger partial charge in [0.25, 0.3) is 5.91 Å². The van der Waals surface area contributed by atoms with E-state index in [0.29, 0.717) is 30.8 Å². The van der Waals surface area contributed by atoms with Crippen LogP contribution in [0.3, 0.4) is 0 Å². The van der Waals surface area contributed by atoms with Crippen molar-refractivity contribution in [3.8, 4) is 0 Å². The summed E-state index contributed by atoms with van der Waals surface area (Å²) >= 11 is 0. The normalized spacial score (nSPS) is 12.4. The fourth-order valence-electron chi connectivity index (χ4n) is 2.86. The lowest BCUT2D eigenvalue weighted by Crippen LogP contribution is -2.38. The van der Waals surface area contributed by atoms with Gasteiger partial charge in [-0.2, -0.15) is 4.31 Å². The first-order valence-corrected chi connectivity index (χ1v) is 11.3. The molecule has 0 radical (unpaired) electrons. The molecule has 162 valence electrons. The summed E-state index contributed by atoms with van der Waals surface area (Å²) in [5.41, 5.74) is 1.11. The van der Waals surface area contributed by atoms with Crippen molar-refractivity contribution in [3.63, 3.8) is 0 Å². The maximum atomic E-state index is 13.1. The first-order valence-electron chi connectivity index (χ1n) is 9.40. The Bertz CT molecular complexity index is 964. The third kappa shape index (κ3) is 6.38. The van der Waals surface area contributed by atoms with Crippen LogP contribution in [0.4, 0.5) is 5.69 Å². The van der Waals surface area contributed by atoms with Gasteiger partial charge in [0.15, 0.2) is 0 Å². The molecular formula is C21H27N3O5S. The second kappa shape index (κ2) is 10.9. The number of likely N-dealkylation sites (N-methyl/N-ethyl adjacent to an activating group) is 1. The monoisotopic (exact) mass is 433 g/mol. The zero-order valence-corrected chi connectivity index (χ0v) is 18.1. The summed E-state index contributed by atoms with van der Waals surface area (Å²) in [5, 5.41) is 5.49. The minimum atomic E-state index is -3.65. The van der Waals surface area contributed by atoms with Crippen LogP contribution in [0, 0.1) is 0 Å². The van der Waals surface area contributed by atoms with E-state index in [0.717, 1.165) is 10.6 Å². The molecule has 0 aliphatic carbocycles. The lowest BCUT2D eigenvalue weighted by atomic mass is 10.1. The number of sulfonamides is 1. The molecule has 0 spiro atoms. The van der Waals surface area contributed by atoms with Crippen LogP contribution in [0.1, 0.15) is 28.4 Å². The Labute approximate surface area is 177 Å². The Kier molecular flexibility index (Phi) is 8.52. The standard InChI is InChI=1S/C21H27N3O5S/c1-24(30(3,27)28)19(16-10-5-4-6-11-16)21(26)23-18-13-8-7-12-17(18)20(25)22-14-9-15-29-2/h4-8,10-13,19H,9,14-15H2,1-3H3,(H,22,25)(H,23,26). The first kappa shape index (κ1) is 23.5. The van der Waals surface area contributed by atoms with Gasteiger partial charge in [0.1, 0.15) is 6.04 Å². The van der Waals surface area contributed by atoms with E-state index >= 15 is 0 Å². The molecule has 8 nitrogen and oxygen atoms in total. The second-order valence-corrected chi connectivity index (χ2v) is 8.77. The van der Waals surface area contributed by atoms with E-state index < -0.39 is 22.0 Å². The van der Waals surface area contributed by atoms with Gasteiger partial charge in [0, 0.05) is 27.3 Å². The lowest BCUT2D eigenvalue weighted by Gasteiger charge is -2.26. The zero-order valence-electron chi connectivity index (χ0n) is 17.3. The van der Waals surface area contributed by atoms with Crippen LogP contribution in [0.5, 0.6) is 0 Å². The van der Waals surface area contributed by atoms with Crippen LogP contribution in [0.15, 0.2) is 54.6 Å². The van der Waals surface area contributed by atoms with E-state index in [1.807, 2.05) is 0 Å². The number of ether oxygens (including phenoxy) is 1. The number of hydrogen-bond acceptors (Lipinski definition) is 5. The molecule has 2 rings (SSSR count). The van der Waals surface area contributed by atoms with Crippen molar-refractivity contribution in [3.05, 3.63) is 65.7 Å². The number of rotatable bonds is 10. The average molecular weight is 434 g/mol. The molecule has 0 aliphatic heterocycles. The van der Waals surface area contributed by atoms with Crippen LogP contribution >= 0.6 is 0 Å². The fourth-order valence-corrected chi connectivity index (χ4v) is 3.46. The van der Waals surface area contributed by atoms with Crippen molar-refractivity contribution in [1.29, 1.82) is 0 Å². The molecule has 0 aliphatic rings. The van der Waals surface area contributed by atoms with Crippen LogP contribution in [0.25, 0.3) is 0 Å². The van der Waals surface area contributed by atoms with E-state index in [9.17, 15) is 18.0 Å². The van der Waals surface area contributed by atoms with E-state index in [2.05, 4.69) is 10.6 Å². The molecule has 0 fully saturated rings. The van der Waals surface area contributed by atoms with Gasteiger partial charge in [0.05, 0.1) is 17.5 Å². The lowest BCUT2D eigenvalue weighted by molar-refractivity contribution is -0.119. The van der Waals surface area contributed by atoms with Gasteiger partial charge in [-0.05, 0) is 24.1 Å². The molecule has 1 atom stereocenters. The molecule has 0 saturated carbocycles. The SMILES string of the molecule is COCCCNC(=O)c1ccccc1NC(=O)C(c1ccccc1)N(C)S(C)(=O)=O. The predicted molar refractivity (Wildman–Crippen MR) is 116 cm³/mol. The highest BCUT2D eigenvalue weighted by atomic mass is 32.2. The number of methoxy groups -OCH3 is 1. The second-order valence-electron chi connectivity index (χ2n) is 6.73. The molecule has 0 heterocycles. The molecule has 0 saturated heterocycles. The van der Waals surface area contributed by atoms with E-state index in [4.69, 9.17) is 4.74 Å². The Hall–Kier alpha value is -2.75. The predicted octanol–water partition coefficient (Wildman–Crippen LogP) is 2.02. The molecule has 2 amide bonds. The highest BCUT2D eigenvalue weighted by molar-refractivity contribution is 7.88. The topological polar surface area (TPSA) is 105 Å². The van der Waals surface area contributed by atoms with Crippen molar-refractivity contribution < 1.29 is 22.7 Å². The number of carbonyl (C=O) groups is 2. The molecule has 2 N–H and O–H groups in total. The number of carbonyl (C=O) groups excluding carboxylic acids is 2. The molecule has 2 aromatic carbocycles. The summed E-state index contributed by atoms with van der Waals surface area (Å²) in [7, 11) is -0.715. The highest BCUT2D eigenvalue weighted by Gasteiger charge is 2.31. The van der Waals surface area contributed by atoms with Gasteiger partial charge in [-0.15, -0.1) is 0 Å². The largest absolute Gasteiger partial charge is 0.385 e.